The third-order valence-corrected chi connectivity index (χ3v) is 2.65. The number of rotatable bonds is 4. The molecule has 0 saturated carbocycles. The Morgan fingerprint density at radius 2 is 2.33 bits per heavy atom. The monoisotopic (exact) mass is 248 g/mol. The van der Waals surface area contributed by atoms with E-state index < -0.39 is 5.97 Å². The lowest BCUT2D eigenvalue weighted by Crippen LogP contribution is -2.24. The molecule has 0 unspecified atom stereocenters. The maximum atomic E-state index is 10.3. The van der Waals surface area contributed by atoms with Gasteiger partial charge in [-0.25, -0.2) is 4.79 Å². The van der Waals surface area contributed by atoms with Crippen LogP contribution in [0.5, 0.6) is 11.5 Å². The number of para-hydroxylation sites is 1. The molecule has 0 amide bonds. The van der Waals surface area contributed by atoms with Gasteiger partial charge in [0.2, 0.25) is 0 Å². The highest BCUT2D eigenvalue weighted by atomic mass is 16.5. The van der Waals surface area contributed by atoms with Gasteiger partial charge in [0.15, 0.2) is 11.5 Å². The molecule has 0 atom stereocenters. The molecule has 1 heterocycles. The molecule has 0 fully saturated rings. The number of ether oxygens (including phenoxy) is 2. The van der Waals surface area contributed by atoms with E-state index in [1.54, 1.807) is 0 Å². The molecule has 0 aliphatic carbocycles. The minimum Gasteiger partial charge on any atom is -0.486 e. The molecule has 4 nitrogen and oxygen atoms in total. The van der Waals surface area contributed by atoms with Gasteiger partial charge in [0.05, 0.1) is 0 Å². The van der Waals surface area contributed by atoms with E-state index >= 15 is 0 Å². The van der Waals surface area contributed by atoms with Crippen molar-refractivity contribution in [3.63, 3.8) is 0 Å². The summed E-state index contributed by atoms with van der Waals surface area (Å²) in [6, 6.07) is 5.76. The second-order valence-corrected chi connectivity index (χ2v) is 4.83. The Hall–Kier alpha value is -1.97. The Kier molecular flexibility index (Phi) is 3.28. The Bertz CT molecular complexity index is 489. The molecule has 2 rings (SSSR count). The first-order valence-electron chi connectivity index (χ1n) is 5.81. The third-order valence-electron chi connectivity index (χ3n) is 2.65. The molecule has 0 saturated heterocycles. The maximum Gasteiger partial charge on any atom is 0.328 e. The van der Waals surface area contributed by atoms with Crippen LogP contribution < -0.4 is 9.47 Å². The average molecular weight is 248 g/mol. The van der Waals surface area contributed by atoms with Gasteiger partial charge in [-0.1, -0.05) is 12.1 Å². The van der Waals surface area contributed by atoms with E-state index in [0.717, 1.165) is 23.8 Å². The van der Waals surface area contributed by atoms with Crippen molar-refractivity contribution >= 4 is 5.97 Å². The fourth-order valence-corrected chi connectivity index (χ4v) is 1.99. The molecule has 1 N–H and O–H groups in total. The fourth-order valence-electron chi connectivity index (χ4n) is 1.99. The van der Waals surface area contributed by atoms with Gasteiger partial charge in [-0.15, -0.1) is 0 Å². The summed E-state index contributed by atoms with van der Waals surface area (Å²) in [4.78, 5) is 10.3. The number of fused-ring (bicyclic) bond motifs is 1. The van der Waals surface area contributed by atoms with Gasteiger partial charge in [-0.05, 0) is 26.0 Å². The first kappa shape index (κ1) is 12.5. The van der Waals surface area contributed by atoms with Crippen molar-refractivity contribution < 1.29 is 19.4 Å². The molecule has 0 bridgehead atoms. The van der Waals surface area contributed by atoms with Crippen LogP contribution in [0.15, 0.2) is 30.4 Å². The highest BCUT2D eigenvalue weighted by Gasteiger charge is 2.32. The molecule has 0 radical (unpaired) electrons. The molecular formula is C14H16O4. The zero-order chi connectivity index (χ0) is 13.2. The summed E-state index contributed by atoms with van der Waals surface area (Å²) in [5.74, 6) is 0.452. The van der Waals surface area contributed by atoms with Crippen LogP contribution in [0.3, 0.4) is 0 Å². The van der Waals surface area contributed by atoms with Gasteiger partial charge < -0.3 is 14.6 Å². The van der Waals surface area contributed by atoms with E-state index in [-0.39, 0.29) is 12.2 Å². The van der Waals surface area contributed by atoms with Crippen LogP contribution in [0, 0.1) is 0 Å². The number of hydrogen-bond acceptors (Lipinski definition) is 3. The summed E-state index contributed by atoms with van der Waals surface area (Å²) in [6.45, 7) is 4.27. The molecule has 96 valence electrons. The number of carbonyl (C=O) groups is 1. The fraction of sp³-hybridized carbons (Fsp3) is 0.357. The van der Waals surface area contributed by atoms with Gasteiger partial charge >= 0.3 is 5.97 Å². The van der Waals surface area contributed by atoms with Gasteiger partial charge in [0.1, 0.15) is 12.2 Å². The lowest BCUT2D eigenvalue weighted by atomic mass is 10.0. The molecule has 1 aliphatic heterocycles. The number of benzene rings is 1. The zero-order valence-corrected chi connectivity index (χ0v) is 10.5. The first-order chi connectivity index (χ1) is 8.48. The molecule has 18 heavy (non-hydrogen) atoms. The normalized spacial score (nSPS) is 16.3. The topological polar surface area (TPSA) is 55.8 Å². The molecule has 1 aliphatic rings. The smallest absolute Gasteiger partial charge is 0.328 e. The van der Waals surface area contributed by atoms with Crippen LogP contribution >= 0.6 is 0 Å². The number of aliphatic carboxylic acids is 1. The Morgan fingerprint density at radius 3 is 3.06 bits per heavy atom. The van der Waals surface area contributed by atoms with E-state index in [9.17, 15) is 4.79 Å². The van der Waals surface area contributed by atoms with Crippen LogP contribution in [0.4, 0.5) is 0 Å². The minimum atomic E-state index is -0.978. The standard InChI is InChI=1S/C14H16O4/c1-14(2)9-10-5-3-6-11(13(10)18-14)17-8-4-7-12(15)16/h3-7H,8-9H2,1-2H3,(H,15,16). The van der Waals surface area contributed by atoms with E-state index in [2.05, 4.69) is 0 Å². The summed E-state index contributed by atoms with van der Waals surface area (Å²) >= 11 is 0. The summed E-state index contributed by atoms with van der Waals surface area (Å²) in [5.41, 5.74) is 0.915. The van der Waals surface area contributed by atoms with E-state index in [1.165, 1.54) is 6.08 Å². The first-order valence-corrected chi connectivity index (χ1v) is 5.81. The summed E-state index contributed by atoms with van der Waals surface area (Å²) in [5, 5.41) is 8.47. The van der Waals surface area contributed by atoms with Crippen LogP contribution in [0.25, 0.3) is 0 Å². The number of hydrogen-bond donors (Lipinski definition) is 1. The predicted octanol–water partition coefficient (Wildman–Crippen LogP) is 2.42. The number of carboxylic acid groups (broad SMARTS) is 1. The lowest BCUT2D eigenvalue weighted by molar-refractivity contribution is -0.131. The summed E-state index contributed by atoms with van der Waals surface area (Å²) in [6.07, 6.45) is 3.38. The third kappa shape index (κ3) is 2.83. The second-order valence-electron chi connectivity index (χ2n) is 4.83. The van der Waals surface area contributed by atoms with Gasteiger partial charge in [-0.2, -0.15) is 0 Å². The zero-order valence-electron chi connectivity index (χ0n) is 10.5. The Labute approximate surface area is 106 Å². The molecule has 1 aromatic rings. The SMILES string of the molecule is CC1(C)Cc2cccc(OCC=CC(=O)O)c2O1. The quantitative estimate of drug-likeness (QED) is 0.831. The van der Waals surface area contributed by atoms with E-state index in [4.69, 9.17) is 14.6 Å². The summed E-state index contributed by atoms with van der Waals surface area (Å²) < 4.78 is 11.4. The highest BCUT2D eigenvalue weighted by molar-refractivity contribution is 5.79. The minimum absolute atomic E-state index is 0.210. The van der Waals surface area contributed by atoms with Gasteiger partial charge in [0.25, 0.3) is 0 Å². The summed E-state index contributed by atoms with van der Waals surface area (Å²) in [7, 11) is 0. The van der Waals surface area contributed by atoms with Crippen molar-refractivity contribution in [3.05, 3.63) is 35.9 Å². The van der Waals surface area contributed by atoms with Crippen molar-refractivity contribution in [2.45, 2.75) is 25.9 Å². The van der Waals surface area contributed by atoms with Crippen molar-refractivity contribution in [2.24, 2.45) is 0 Å². The Balaban J connectivity index is 2.08. The van der Waals surface area contributed by atoms with Gasteiger partial charge in [0, 0.05) is 18.1 Å². The Morgan fingerprint density at radius 1 is 1.56 bits per heavy atom. The van der Waals surface area contributed by atoms with E-state index in [0.29, 0.717) is 5.75 Å². The maximum absolute atomic E-state index is 10.3. The average Bonchev–Trinajstić information content (AvgIpc) is 2.58. The highest BCUT2D eigenvalue weighted by Crippen LogP contribution is 2.41. The van der Waals surface area contributed by atoms with Crippen LogP contribution in [0.1, 0.15) is 19.4 Å². The van der Waals surface area contributed by atoms with Gasteiger partial charge in [-0.3, -0.25) is 0 Å². The van der Waals surface area contributed by atoms with E-state index in [1.807, 2.05) is 32.0 Å². The predicted molar refractivity (Wildman–Crippen MR) is 67.1 cm³/mol. The lowest BCUT2D eigenvalue weighted by Gasteiger charge is -2.18. The van der Waals surface area contributed by atoms with Crippen molar-refractivity contribution in [2.75, 3.05) is 6.61 Å². The molecule has 0 spiro atoms. The van der Waals surface area contributed by atoms with Crippen LogP contribution in [-0.2, 0) is 11.2 Å². The largest absolute Gasteiger partial charge is 0.486 e. The van der Waals surface area contributed by atoms with Crippen molar-refractivity contribution in [3.8, 4) is 11.5 Å². The van der Waals surface area contributed by atoms with Crippen molar-refractivity contribution in [1.29, 1.82) is 0 Å². The number of carboxylic acids is 1. The second kappa shape index (κ2) is 4.72. The van der Waals surface area contributed by atoms with Crippen LogP contribution in [-0.4, -0.2) is 23.3 Å². The van der Waals surface area contributed by atoms with Crippen LogP contribution in [0.2, 0.25) is 0 Å². The molecular weight excluding hydrogens is 232 g/mol. The van der Waals surface area contributed by atoms with Crippen molar-refractivity contribution in [1.82, 2.24) is 0 Å². The molecule has 1 aromatic carbocycles. The molecule has 0 aromatic heterocycles. The molecule has 4 heteroatoms.